The third-order valence-electron chi connectivity index (χ3n) is 2.80. The summed E-state index contributed by atoms with van der Waals surface area (Å²) in [6.07, 6.45) is 5.65. The van der Waals surface area contributed by atoms with Gasteiger partial charge in [-0.1, -0.05) is 34.8 Å². The molecule has 0 heterocycles. The van der Waals surface area contributed by atoms with Crippen molar-refractivity contribution in [1.29, 1.82) is 0 Å². The number of hydrogen-bond donors (Lipinski definition) is 0. The van der Waals surface area contributed by atoms with E-state index in [9.17, 15) is 0 Å². The lowest BCUT2D eigenvalue weighted by atomic mass is 10.3. The molecule has 0 N–H and O–H groups in total. The Morgan fingerprint density at radius 2 is 2.12 bits per heavy atom. The molecular formula is C13H17BrOS. The molecule has 1 saturated carbocycles. The Morgan fingerprint density at radius 1 is 1.31 bits per heavy atom. The van der Waals surface area contributed by atoms with Crippen LogP contribution in [0.1, 0.15) is 25.7 Å². The van der Waals surface area contributed by atoms with Crippen molar-refractivity contribution in [2.75, 3.05) is 12.4 Å². The van der Waals surface area contributed by atoms with E-state index >= 15 is 0 Å². The summed E-state index contributed by atoms with van der Waals surface area (Å²) in [5.74, 6) is 2.07. The molecule has 0 atom stereocenters. The zero-order valence-electron chi connectivity index (χ0n) is 9.32. The van der Waals surface area contributed by atoms with Crippen LogP contribution in [0.4, 0.5) is 0 Å². The minimum Gasteiger partial charge on any atom is -0.493 e. The van der Waals surface area contributed by atoms with E-state index in [1.54, 1.807) is 0 Å². The molecule has 1 fully saturated rings. The summed E-state index contributed by atoms with van der Waals surface area (Å²) in [6.45, 7) is 0.817. The van der Waals surface area contributed by atoms with Gasteiger partial charge < -0.3 is 4.74 Å². The average molecular weight is 301 g/mol. The fourth-order valence-electron chi connectivity index (χ4n) is 1.99. The summed E-state index contributed by atoms with van der Waals surface area (Å²) in [5.41, 5.74) is 0. The van der Waals surface area contributed by atoms with E-state index in [4.69, 9.17) is 4.74 Å². The summed E-state index contributed by atoms with van der Waals surface area (Å²) < 4.78 is 6.77. The molecule has 0 aromatic heterocycles. The number of hydrogen-bond acceptors (Lipinski definition) is 2. The number of thioether (sulfide) groups is 1. The van der Waals surface area contributed by atoms with Crippen LogP contribution in [0.25, 0.3) is 0 Å². The van der Waals surface area contributed by atoms with Gasteiger partial charge in [0.15, 0.2) is 0 Å². The smallest absolute Gasteiger partial charge is 0.120 e. The molecule has 0 amide bonds. The number of rotatable bonds is 5. The van der Waals surface area contributed by atoms with Crippen LogP contribution in [-0.2, 0) is 0 Å². The first-order valence-corrected chi connectivity index (χ1v) is 7.69. The second-order valence-electron chi connectivity index (χ2n) is 4.08. The van der Waals surface area contributed by atoms with Crippen LogP contribution >= 0.6 is 27.7 Å². The van der Waals surface area contributed by atoms with Crippen LogP contribution in [0.5, 0.6) is 5.75 Å². The maximum Gasteiger partial charge on any atom is 0.120 e. The first-order chi connectivity index (χ1) is 7.84. The van der Waals surface area contributed by atoms with Crippen molar-refractivity contribution >= 4 is 27.7 Å². The predicted octanol–water partition coefficient (Wildman–Crippen LogP) is 4.50. The van der Waals surface area contributed by atoms with Gasteiger partial charge in [0.1, 0.15) is 5.75 Å². The van der Waals surface area contributed by atoms with Crippen molar-refractivity contribution in [1.82, 2.24) is 0 Å². The molecule has 88 valence electrons. The molecular weight excluding hydrogens is 284 g/mol. The minimum absolute atomic E-state index is 0.817. The predicted molar refractivity (Wildman–Crippen MR) is 74.4 cm³/mol. The molecule has 1 aliphatic carbocycles. The SMILES string of the molecule is Brc1cccc(OCCSC2CCCC2)c1. The Bertz CT molecular complexity index is 323. The fourth-order valence-corrected chi connectivity index (χ4v) is 3.54. The first kappa shape index (κ1) is 12.3. The van der Waals surface area contributed by atoms with Gasteiger partial charge in [-0.05, 0) is 31.0 Å². The van der Waals surface area contributed by atoms with Crippen LogP contribution < -0.4 is 4.74 Å². The van der Waals surface area contributed by atoms with E-state index in [1.807, 2.05) is 24.3 Å². The zero-order chi connectivity index (χ0) is 11.2. The summed E-state index contributed by atoms with van der Waals surface area (Å²) in [7, 11) is 0. The van der Waals surface area contributed by atoms with Gasteiger partial charge in [0.2, 0.25) is 0 Å². The van der Waals surface area contributed by atoms with Crippen LogP contribution in [0.2, 0.25) is 0 Å². The van der Waals surface area contributed by atoms with Gasteiger partial charge in [-0.25, -0.2) is 0 Å². The summed E-state index contributed by atoms with van der Waals surface area (Å²) in [5, 5.41) is 0.895. The topological polar surface area (TPSA) is 9.23 Å². The molecule has 1 nitrogen and oxygen atoms in total. The molecule has 2 rings (SSSR count). The molecule has 1 aliphatic rings. The molecule has 0 bridgehead atoms. The Hall–Kier alpha value is -0.150. The highest BCUT2D eigenvalue weighted by atomic mass is 79.9. The Kier molecular flexibility index (Phi) is 5.04. The maximum absolute atomic E-state index is 5.70. The molecule has 0 radical (unpaired) electrons. The van der Waals surface area contributed by atoms with Gasteiger partial charge in [0.05, 0.1) is 6.61 Å². The normalized spacial score (nSPS) is 16.6. The third-order valence-corrected chi connectivity index (χ3v) is 4.64. The molecule has 1 aromatic carbocycles. The van der Waals surface area contributed by atoms with Crippen molar-refractivity contribution in [2.24, 2.45) is 0 Å². The summed E-state index contributed by atoms with van der Waals surface area (Å²) in [4.78, 5) is 0. The van der Waals surface area contributed by atoms with Crippen LogP contribution in [-0.4, -0.2) is 17.6 Å². The lowest BCUT2D eigenvalue weighted by molar-refractivity contribution is 0.343. The quantitative estimate of drug-likeness (QED) is 0.740. The third kappa shape index (κ3) is 4.02. The highest BCUT2D eigenvalue weighted by Gasteiger charge is 2.14. The van der Waals surface area contributed by atoms with Gasteiger partial charge in [-0.15, -0.1) is 0 Å². The highest BCUT2D eigenvalue weighted by Crippen LogP contribution is 2.29. The first-order valence-electron chi connectivity index (χ1n) is 5.84. The van der Waals surface area contributed by atoms with Gasteiger partial charge in [-0.3, -0.25) is 0 Å². The van der Waals surface area contributed by atoms with E-state index in [-0.39, 0.29) is 0 Å². The molecule has 16 heavy (non-hydrogen) atoms. The summed E-state index contributed by atoms with van der Waals surface area (Å²) in [6, 6.07) is 8.04. The van der Waals surface area contributed by atoms with Crippen molar-refractivity contribution < 1.29 is 4.74 Å². The van der Waals surface area contributed by atoms with E-state index in [0.717, 1.165) is 27.8 Å². The lowest BCUT2D eigenvalue weighted by Crippen LogP contribution is -2.04. The van der Waals surface area contributed by atoms with Crippen molar-refractivity contribution in [2.45, 2.75) is 30.9 Å². The Morgan fingerprint density at radius 3 is 2.88 bits per heavy atom. The van der Waals surface area contributed by atoms with Gasteiger partial charge in [-0.2, -0.15) is 11.8 Å². The van der Waals surface area contributed by atoms with Crippen LogP contribution in [0.3, 0.4) is 0 Å². The van der Waals surface area contributed by atoms with E-state index < -0.39 is 0 Å². The Balaban J connectivity index is 1.64. The number of ether oxygens (including phenoxy) is 1. The van der Waals surface area contributed by atoms with Gasteiger partial charge in [0.25, 0.3) is 0 Å². The van der Waals surface area contributed by atoms with Crippen molar-refractivity contribution in [3.05, 3.63) is 28.7 Å². The largest absolute Gasteiger partial charge is 0.493 e. The minimum atomic E-state index is 0.817. The van der Waals surface area contributed by atoms with E-state index in [2.05, 4.69) is 27.7 Å². The lowest BCUT2D eigenvalue weighted by Gasteiger charge is -2.09. The van der Waals surface area contributed by atoms with Gasteiger partial charge in [0, 0.05) is 15.5 Å². The van der Waals surface area contributed by atoms with Crippen LogP contribution in [0, 0.1) is 0 Å². The standard InChI is InChI=1S/C13H17BrOS/c14-11-4-3-5-12(10-11)15-8-9-16-13-6-1-2-7-13/h3-5,10,13H,1-2,6-9H2. The van der Waals surface area contributed by atoms with Crippen molar-refractivity contribution in [3.8, 4) is 5.75 Å². The highest BCUT2D eigenvalue weighted by molar-refractivity contribution is 9.10. The second-order valence-corrected chi connectivity index (χ2v) is 6.41. The molecule has 0 unspecified atom stereocenters. The Labute approximate surface area is 110 Å². The zero-order valence-corrected chi connectivity index (χ0v) is 11.7. The second kappa shape index (κ2) is 6.55. The molecule has 3 heteroatoms. The van der Waals surface area contributed by atoms with E-state index in [0.29, 0.717) is 0 Å². The van der Waals surface area contributed by atoms with Gasteiger partial charge >= 0.3 is 0 Å². The molecule has 0 aliphatic heterocycles. The molecule has 0 spiro atoms. The number of benzene rings is 1. The average Bonchev–Trinajstić information content (AvgIpc) is 2.77. The maximum atomic E-state index is 5.70. The number of halogens is 1. The van der Waals surface area contributed by atoms with Crippen molar-refractivity contribution in [3.63, 3.8) is 0 Å². The monoisotopic (exact) mass is 300 g/mol. The summed E-state index contributed by atoms with van der Waals surface area (Å²) >= 11 is 5.51. The molecule has 0 saturated heterocycles. The van der Waals surface area contributed by atoms with E-state index in [1.165, 1.54) is 25.7 Å². The molecule has 1 aromatic rings. The van der Waals surface area contributed by atoms with Crippen LogP contribution in [0.15, 0.2) is 28.7 Å². The fraction of sp³-hybridized carbons (Fsp3) is 0.538.